The molecule has 0 radical (unpaired) electrons. The van der Waals surface area contributed by atoms with Crippen molar-refractivity contribution < 1.29 is 19.3 Å². The van der Waals surface area contributed by atoms with Gasteiger partial charge in [-0.15, -0.1) is 0 Å². The van der Waals surface area contributed by atoms with Gasteiger partial charge in [0, 0.05) is 46.5 Å². The lowest BCUT2D eigenvalue weighted by Crippen LogP contribution is -2.59. The molecule has 2 atom stereocenters. The standard InChI is InChI=1S/C23H24N6O5/c1-24-20(32)23(21(33)25-2)16(15-18(30)27(3)22(34)28(4)19(15)31)14-10-6-8-12-29(14)17(23)13-9-5-7-11-26-13/h5-12,16-17H,1-4H3,(H2-,24,25,30,31,32,33)/p+1. The van der Waals surface area contributed by atoms with Crippen molar-refractivity contribution in [3.05, 3.63) is 86.6 Å². The fraction of sp³-hybridized carbons (Fsp3) is 0.304. The van der Waals surface area contributed by atoms with E-state index < -0.39 is 46.3 Å². The third-order valence-corrected chi connectivity index (χ3v) is 6.51. The van der Waals surface area contributed by atoms with E-state index >= 15 is 0 Å². The second-order valence-corrected chi connectivity index (χ2v) is 8.09. The lowest BCUT2D eigenvalue weighted by Gasteiger charge is -2.32. The number of carbonyl (C=O) groups excluding carboxylic acids is 2. The number of hydrogen-bond acceptors (Lipinski definition) is 6. The van der Waals surface area contributed by atoms with E-state index in [1.54, 1.807) is 53.4 Å². The maximum atomic E-state index is 13.8. The molecule has 0 saturated heterocycles. The first-order chi connectivity index (χ1) is 16.2. The summed E-state index contributed by atoms with van der Waals surface area (Å²) in [5.74, 6) is -3.21. The maximum Gasteiger partial charge on any atom is 0.333 e. The van der Waals surface area contributed by atoms with Crippen LogP contribution in [0.4, 0.5) is 0 Å². The third-order valence-electron chi connectivity index (χ3n) is 6.51. The second kappa shape index (κ2) is 8.25. The first-order valence-electron chi connectivity index (χ1n) is 10.6. The Morgan fingerprint density at radius 3 is 2.26 bits per heavy atom. The van der Waals surface area contributed by atoms with Crippen molar-refractivity contribution in [2.24, 2.45) is 19.5 Å². The first kappa shape index (κ1) is 22.9. The minimum absolute atomic E-state index is 0.241. The molecule has 4 heterocycles. The summed E-state index contributed by atoms with van der Waals surface area (Å²) in [6.07, 6.45) is 3.24. The van der Waals surface area contributed by atoms with Crippen molar-refractivity contribution >= 4 is 11.8 Å². The predicted molar refractivity (Wildman–Crippen MR) is 120 cm³/mol. The molecule has 0 saturated carbocycles. The van der Waals surface area contributed by atoms with Gasteiger partial charge in [-0.1, -0.05) is 12.1 Å². The zero-order valence-corrected chi connectivity index (χ0v) is 19.1. The molecule has 1 aliphatic rings. The summed E-state index contributed by atoms with van der Waals surface area (Å²) in [5.41, 5.74) is -2.91. The molecule has 3 aromatic heterocycles. The molecular formula is C23H25N6O5+. The Hall–Kier alpha value is -4.28. The van der Waals surface area contributed by atoms with Gasteiger partial charge in [-0.2, -0.15) is 4.57 Å². The number of nitrogens with zero attached hydrogens (tertiary/aromatic N) is 4. The fourth-order valence-corrected chi connectivity index (χ4v) is 4.99. The first-order valence-corrected chi connectivity index (χ1v) is 10.6. The topological polar surface area (TPSA) is 139 Å². The Morgan fingerprint density at radius 1 is 1.03 bits per heavy atom. The molecule has 0 aliphatic carbocycles. The van der Waals surface area contributed by atoms with Crippen LogP contribution in [-0.4, -0.2) is 45.1 Å². The van der Waals surface area contributed by atoms with Crippen LogP contribution in [0.1, 0.15) is 28.9 Å². The highest BCUT2D eigenvalue weighted by molar-refractivity contribution is 6.07. The van der Waals surface area contributed by atoms with Crippen molar-refractivity contribution in [1.82, 2.24) is 24.8 Å². The summed E-state index contributed by atoms with van der Waals surface area (Å²) in [6, 6.07) is 9.30. The highest BCUT2D eigenvalue weighted by atomic mass is 16.3. The second-order valence-electron chi connectivity index (χ2n) is 8.09. The third kappa shape index (κ3) is 2.89. The minimum Gasteiger partial charge on any atom is -0.494 e. The summed E-state index contributed by atoms with van der Waals surface area (Å²) in [5, 5.41) is 16.2. The van der Waals surface area contributed by atoms with Crippen LogP contribution in [0, 0.1) is 5.41 Å². The molecule has 11 heteroatoms. The predicted octanol–water partition coefficient (Wildman–Crippen LogP) is -1.31. The molecule has 0 fully saturated rings. The van der Waals surface area contributed by atoms with Crippen LogP contribution in [0.15, 0.2) is 58.4 Å². The molecule has 3 aromatic rings. The van der Waals surface area contributed by atoms with Gasteiger partial charge in [0.05, 0.1) is 5.56 Å². The summed E-state index contributed by atoms with van der Waals surface area (Å²) in [4.78, 5) is 57.8. The maximum absolute atomic E-state index is 13.8. The number of fused-ring (bicyclic) bond motifs is 1. The van der Waals surface area contributed by atoms with Crippen LogP contribution < -0.4 is 26.4 Å². The molecule has 3 N–H and O–H groups in total. The minimum atomic E-state index is -1.97. The molecule has 0 bridgehead atoms. The van der Waals surface area contributed by atoms with Gasteiger partial charge >= 0.3 is 5.69 Å². The average Bonchev–Trinajstić information content (AvgIpc) is 3.17. The molecule has 176 valence electrons. The number of carbonyl (C=O) groups is 2. The van der Waals surface area contributed by atoms with Gasteiger partial charge in [0.15, 0.2) is 11.9 Å². The zero-order valence-electron chi connectivity index (χ0n) is 19.1. The van der Waals surface area contributed by atoms with Crippen LogP contribution in [0.25, 0.3) is 0 Å². The van der Waals surface area contributed by atoms with E-state index in [9.17, 15) is 24.3 Å². The Balaban J connectivity index is 2.23. The fourth-order valence-electron chi connectivity index (χ4n) is 4.99. The monoisotopic (exact) mass is 465 g/mol. The van der Waals surface area contributed by atoms with Gasteiger partial charge in [0.25, 0.3) is 5.56 Å². The lowest BCUT2D eigenvalue weighted by atomic mass is 9.66. The Morgan fingerprint density at radius 2 is 1.68 bits per heavy atom. The number of hydrogen-bond donors (Lipinski definition) is 3. The molecule has 11 nitrogen and oxygen atoms in total. The van der Waals surface area contributed by atoms with Crippen LogP contribution in [0.5, 0.6) is 5.88 Å². The van der Waals surface area contributed by atoms with Crippen molar-refractivity contribution in [3.8, 4) is 5.88 Å². The van der Waals surface area contributed by atoms with Crippen molar-refractivity contribution in [1.29, 1.82) is 0 Å². The van der Waals surface area contributed by atoms with E-state index in [1.807, 2.05) is 0 Å². The molecule has 1 aliphatic heterocycles. The molecule has 0 spiro atoms. The van der Waals surface area contributed by atoms with E-state index in [0.717, 1.165) is 9.13 Å². The number of rotatable bonds is 4. The molecular weight excluding hydrogens is 440 g/mol. The Labute approximate surface area is 194 Å². The highest BCUT2D eigenvalue weighted by Crippen LogP contribution is 2.53. The van der Waals surface area contributed by atoms with Crippen LogP contribution in [0.2, 0.25) is 0 Å². The van der Waals surface area contributed by atoms with Crippen molar-refractivity contribution in [3.63, 3.8) is 0 Å². The molecule has 4 rings (SSSR count). The highest BCUT2D eigenvalue weighted by Gasteiger charge is 2.71. The van der Waals surface area contributed by atoms with E-state index in [2.05, 4.69) is 15.6 Å². The largest absolute Gasteiger partial charge is 0.494 e. The molecule has 34 heavy (non-hydrogen) atoms. The summed E-state index contributed by atoms with van der Waals surface area (Å²) < 4.78 is 3.47. The number of aromatic hydroxyl groups is 1. The average molecular weight is 465 g/mol. The van der Waals surface area contributed by atoms with Crippen molar-refractivity contribution in [2.45, 2.75) is 12.0 Å². The summed E-state index contributed by atoms with van der Waals surface area (Å²) in [6.45, 7) is 0. The molecule has 0 aromatic carbocycles. The van der Waals surface area contributed by atoms with Gasteiger partial charge in [0.1, 0.15) is 11.6 Å². The Bertz CT molecular complexity index is 1400. The van der Waals surface area contributed by atoms with Crippen LogP contribution in [0.3, 0.4) is 0 Å². The van der Waals surface area contributed by atoms with Crippen molar-refractivity contribution in [2.75, 3.05) is 14.1 Å². The van der Waals surface area contributed by atoms with E-state index in [4.69, 9.17) is 0 Å². The van der Waals surface area contributed by atoms with Gasteiger partial charge in [0.2, 0.25) is 29.2 Å². The SMILES string of the molecule is CNC(=O)C1(C(=O)NC)C(c2c(O)n(C)c(=O)n(C)c2=O)c2cccc[n+]2C1c1ccccn1. The number of aromatic nitrogens is 4. The normalized spacial score (nSPS) is 18.2. The number of nitrogens with one attached hydrogen (secondary N) is 2. The Kier molecular flexibility index (Phi) is 5.56. The quantitative estimate of drug-likeness (QED) is 0.323. The zero-order chi connectivity index (χ0) is 24.8. The number of amides is 2. The smallest absolute Gasteiger partial charge is 0.333 e. The van der Waals surface area contributed by atoms with E-state index in [-0.39, 0.29) is 5.56 Å². The van der Waals surface area contributed by atoms with Crippen LogP contribution in [-0.2, 0) is 23.7 Å². The van der Waals surface area contributed by atoms with Gasteiger partial charge in [-0.25, -0.2) is 4.79 Å². The molecule has 2 amide bonds. The van der Waals surface area contributed by atoms with E-state index in [1.165, 1.54) is 28.2 Å². The lowest BCUT2D eigenvalue weighted by molar-refractivity contribution is -0.713. The van der Waals surface area contributed by atoms with Gasteiger partial charge < -0.3 is 15.7 Å². The summed E-state index contributed by atoms with van der Waals surface area (Å²) in [7, 11) is 5.38. The number of pyridine rings is 2. The summed E-state index contributed by atoms with van der Waals surface area (Å²) >= 11 is 0. The molecule has 2 unspecified atom stereocenters. The van der Waals surface area contributed by atoms with Crippen LogP contribution >= 0.6 is 0 Å². The van der Waals surface area contributed by atoms with Gasteiger partial charge in [-0.05, 0) is 12.1 Å². The van der Waals surface area contributed by atoms with Gasteiger partial charge in [-0.3, -0.25) is 28.5 Å². The van der Waals surface area contributed by atoms with E-state index in [0.29, 0.717) is 11.4 Å².